The largest absolute Gasteiger partial charge is 0.297 e. The quantitative estimate of drug-likeness (QED) is 0.470. The maximum absolute atomic E-state index is 13.2. The van der Waals surface area contributed by atoms with Crippen molar-refractivity contribution in [3.8, 4) is 0 Å². The minimum atomic E-state index is -2.66. The van der Waals surface area contributed by atoms with Gasteiger partial charge in [0.1, 0.15) is 5.82 Å². The van der Waals surface area contributed by atoms with Crippen LogP contribution in [0.2, 0.25) is 0 Å². The zero-order chi connectivity index (χ0) is 20.8. The van der Waals surface area contributed by atoms with Gasteiger partial charge >= 0.3 is 0 Å². The molecule has 4 aromatic heterocycles. The van der Waals surface area contributed by atoms with Gasteiger partial charge in [0.15, 0.2) is 11.3 Å². The maximum Gasteiger partial charge on any atom is 0.297 e. The van der Waals surface area contributed by atoms with Crippen LogP contribution in [0, 0.1) is 0 Å². The first-order valence-electron chi connectivity index (χ1n) is 9.63. The lowest BCUT2D eigenvalue weighted by atomic mass is 9.75. The van der Waals surface area contributed by atoms with Gasteiger partial charge in [-0.15, -0.1) is 20.4 Å². The molecule has 0 aliphatic carbocycles. The van der Waals surface area contributed by atoms with Crippen LogP contribution in [0.4, 0.5) is 8.78 Å². The van der Waals surface area contributed by atoms with E-state index in [4.69, 9.17) is 0 Å². The smallest absolute Gasteiger partial charge is 0.286 e. The van der Waals surface area contributed by atoms with E-state index in [2.05, 4.69) is 48.1 Å². The summed E-state index contributed by atoms with van der Waals surface area (Å²) in [5.74, 6) is 0.589. The molecule has 4 aromatic rings. The molecule has 8 heteroatoms. The molecule has 0 atom stereocenters. The number of pyridine rings is 2. The average molecular weight is 398 g/mol. The van der Waals surface area contributed by atoms with E-state index < -0.39 is 6.43 Å². The first-order chi connectivity index (χ1) is 13.7. The first-order valence-corrected chi connectivity index (χ1v) is 9.63. The highest BCUT2D eigenvalue weighted by Gasteiger charge is 2.31. The second kappa shape index (κ2) is 6.86. The molecule has 0 aliphatic heterocycles. The lowest BCUT2D eigenvalue weighted by molar-refractivity contribution is 0.139. The number of aromatic nitrogens is 6. The van der Waals surface area contributed by atoms with Crippen molar-refractivity contribution in [3.05, 3.63) is 59.9 Å². The van der Waals surface area contributed by atoms with E-state index in [0.29, 0.717) is 5.65 Å². The summed E-state index contributed by atoms with van der Waals surface area (Å²) < 4.78 is 29.8. The molecule has 0 unspecified atom stereocenters. The number of rotatable bonds is 6. The SMILES string of the molecule is CC(C)(CCC(C)(C)c1nnc2ccccn12)c1ccc2nnc(C(F)F)n2c1. The third-order valence-corrected chi connectivity index (χ3v) is 5.70. The molecule has 0 aromatic carbocycles. The van der Waals surface area contributed by atoms with E-state index in [-0.39, 0.29) is 16.7 Å². The standard InChI is InChI=1S/C21H24F2N6/c1-20(2,14-8-9-16-24-26-18(17(22)23)29(16)13-14)10-11-21(3,4)19-27-25-15-7-5-6-12-28(15)19/h5-9,12-13,17H,10-11H2,1-4H3. The minimum Gasteiger partial charge on any atom is -0.286 e. The highest BCUT2D eigenvalue weighted by Crippen LogP contribution is 2.36. The molecule has 0 radical (unpaired) electrons. The number of fused-ring (bicyclic) bond motifs is 2. The van der Waals surface area contributed by atoms with Crippen LogP contribution >= 0.6 is 0 Å². The monoisotopic (exact) mass is 398 g/mol. The molecule has 0 aliphatic rings. The fourth-order valence-corrected chi connectivity index (χ4v) is 3.64. The van der Waals surface area contributed by atoms with Crippen molar-refractivity contribution in [1.29, 1.82) is 0 Å². The van der Waals surface area contributed by atoms with Crippen molar-refractivity contribution in [2.75, 3.05) is 0 Å². The van der Waals surface area contributed by atoms with Crippen molar-refractivity contribution in [2.24, 2.45) is 0 Å². The van der Waals surface area contributed by atoms with E-state index in [1.54, 1.807) is 12.3 Å². The molecule has 0 saturated heterocycles. The Bertz CT molecular complexity index is 1160. The summed E-state index contributed by atoms with van der Waals surface area (Å²) in [7, 11) is 0. The van der Waals surface area contributed by atoms with Gasteiger partial charge in [0.2, 0.25) is 5.82 Å². The number of halogens is 2. The molecule has 4 rings (SSSR count). The van der Waals surface area contributed by atoms with Gasteiger partial charge in [-0.2, -0.15) is 0 Å². The Morgan fingerprint density at radius 1 is 0.828 bits per heavy atom. The van der Waals surface area contributed by atoms with E-state index in [9.17, 15) is 8.78 Å². The van der Waals surface area contributed by atoms with Gasteiger partial charge in [0.25, 0.3) is 6.43 Å². The molecule has 0 amide bonds. The Morgan fingerprint density at radius 2 is 1.52 bits per heavy atom. The highest BCUT2D eigenvalue weighted by molar-refractivity contribution is 5.41. The van der Waals surface area contributed by atoms with Gasteiger partial charge in [0, 0.05) is 17.8 Å². The van der Waals surface area contributed by atoms with Gasteiger partial charge in [-0.3, -0.25) is 8.80 Å². The number of hydrogen-bond donors (Lipinski definition) is 0. The number of hydrogen-bond acceptors (Lipinski definition) is 4. The summed E-state index contributed by atoms with van der Waals surface area (Å²) in [5.41, 5.74) is 1.79. The van der Waals surface area contributed by atoms with Gasteiger partial charge < -0.3 is 0 Å². The molecular formula is C21H24F2N6. The Morgan fingerprint density at radius 3 is 2.28 bits per heavy atom. The van der Waals surface area contributed by atoms with Gasteiger partial charge in [-0.1, -0.05) is 39.8 Å². The van der Waals surface area contributed by atoms with Crippen LogP contribution < -0.4 is 0 Å². The summed E-state index contributed by atoms with van der Waals surface area (Å²) in [6, 6.07) is 9.53. The topological polar surface area (TPSA) is 60.4 Å². The minimum absolute atomic E-state index is 0.202. The van der Waals surface area contributed by atoms with Crippen LogP contribution in [0.5, 0.6) is 0 Å². The predicted molar refractivity (Wildman–Crippen MR) is 106 cm³/mol. The maximum atomic E-state index is 13.2. The molecule has 0 fully saturated rings. The van der Waals surface area contributed by atoms with E-state index in [1.165, 1.54) is 4.40 Å². The summed E-state index contributed by atoms with van der Waals surface area (Å²) in [4.78, 5) is 0. The fourth-order valence-electron chi connectivity index (χ4n) is 3.64. The van der Waals surface area contributed by atoms with Crippen molar-refractivity contribution >= 4 is 11.3 Å². The van der Waals surface area contributed by atoms with E-state index >= 15 is 0 Å². The van der Waals surface area contributed by atoms with Crippen molar-refractivity contribution in [2.45, 2.75) is 57.8 Å². The number of alkyl halides is 2. The molecular weight excluding hydrogens is 374 g/mol. The molecule has 29 heavy (non-hydrogen) atoms. The third kappa shape index (κ3) is 3.47. The zero-order valence-electron chi connectivity index (χ0n) is 17.0. The fraction of sp³-hybridized carbons (Fsp3) is 0.429. The lowest BCUT2D eigenvalue weighted by Gasteiger charge is -2.30. The van der Waals surface area contributed by atoms with Crippen molar-refractivity contribution in [3.63, 3.8) is 0 Å². The van der Waals surface area contributed by atoms with Crippen LogP contribution in [0.3, 0.4) is 0 Å². The molecule has 6 nitrogen and oxygen atoms in total. The molecule has 0 N–H and O–H groups in total. The molecule has 0 bridgehead atoms. The average Bonchev–Trinajstić information content (AvgIpc) is 3.30. The molecule has 152 valence electrons. The van der Waals surface area contributed by atoms with Gasteiger partial charge in [-0.05, 0) is 42.0 Å². The van der Waals surface area contributed by atoms with Crippen LogP contribution in [0.25, 0.3) is 11.3 Å². The van der Waals surface area contributed by atoms with Gasteiger partial charge in [0.05, 0.1) is 0 Å². The summed E-state index contributed by atoms with van der Waals surface area (Å²) in [5, 5.41) is 16.1. The number of nitrogens with zero attached hydrogens (tertiary/aromatic N) is 6. The lowest BCUT2D eigenvalue weighted by Crippen LogP contribution is -2.26. The van der Waals surface area contributed by atoms with Gasteiger partial charge in [-0.25, -0.2) is 8.78 Å². The van der Waals surface area contributed by atoms with Crippen molar-refractivity contribution in [1.82, 2.24) is 29.2 Å². The Kier molecular flexibility index (Phi) is 4.59. The second-order valence-corrected chi connectivity index (χ2v) is 8.73. The first kappa shape index (κ1) is 19.4. The van der Waals surface area contributed by atoms with Crippen LogP contribution in [0.1, 0.15) is 64.2 Å². The molecule has 0 saturated carbocycles. The van der Waals surface area contributed by atoms with Crippen LogP contribution in [-0.2, 0) is 10.8 Å². The Labute approximate surface area is 167 Å². The van der Waals surface area contributed by atoms with E-state index in [0.717, 1.165) is 29.9 Å². The third-order valence-electron chi connectivity index (χ3n) is 5.70. The van der Waals surface area contributed by atoms with Crippen LogP contribution in [-0.4, -0.2) is 29.2 Å². The Balaban J connectivity index is 1.60. The second-order valence-electron chi connectivity index (χ2n) is 8.73. The van der Waals surface area contributed by atoms with Crippen molar-refractivity contribution < 1.29 is 8.78 Å². The normalized spacial score (nSPS) is 13.1. The summed E-state index contributed by atoms with van der Waals surface area (Å²) in [6.07, 6.45) is 2.75. The Hall–Kier alpha value is -2.90. The zero-order valence-corrected chi connectivity index (χ0v) is 17.0. The highest BCUT2D eigenvalue weighted by atomic mass is 19.3. The summed E-state index contributed by atoms with van der Waals surface area (Å²) in [6.45, 7) is 8.56. The molecule has 4 heterocycles. The summed E-state index contributed by atoms with van der Waals surface area (Å²) >= 11 is 0. The predicted octanol–water partition coefficient (Wildman–Crippen LogP) is 4.75. The van der Waals surface area contributed by atoms with E-state index in [1.807, 2.05) is 34.9 Å². The molecule has 0 spiro atoms. The van der Waals surface area contributed by atoms with Crippen LogP contribution in [0.15, 0.2) is 42.7 Å².